The molecule has 1 unspecified atom stereocenters. The molecule has 0 radical (unpaired) electrons. The third-order valence-corrected chi connectivity index (χ3v) is 5.46. The number of hydrogen-bond donors (Lipinski definition) is 0. The average Bonchev–Trinajstić information content (AvgIpc) is 3.11. The minimum atomic E-state index is -2.66. The summed E-state index contributed by atoms with van der Waals surface area (Å²) in [6.45, 7) is 0.699. The average molecular weight is 402 g/mol. The summed E-state index contributed by atoms with van der Waals surface area (Å²) in [4.78, 5) is 21.2. The number of carbonyl (C=O) groups excluding carboxylic acids is 1. The number of Topliss-reactive ketones (excluding diaryl/α,β-unsaturated/α-hetero) is 1. The summed E-state index contributed by atoms with van der Waals surface area (Å²) >= 11 is 0. The van der Waals surface area contributed by atoms with Crippen molar-refractivity contribution in [3.63, 3.8) is 0 Å². The molecular formula is C22H21F3N2O2. The lowest BCUT2D eigenvalue weighted by Crippen LogP contribution is -2.15. The molecule has 1 aliphatic carbocycles. The lowest BCUT2D eigenvalue weighted by molar-refractivity contribution is -0.119. The second-order valence-electron chi connectivity index (χ2n) is 7.68. The molecule has 0 spiro atoms. The number of fused-ring (bicyclic) bond motifs is 1. The highest BCUT2D eigenvalue weighted by Gasteiger charge is 2.60. The van der Waals surface area contributed by atoms with E-state index < -0.39 is 11.8 Å². The number of pyridine rings is 1. The molecule has 1 aromatic heterocycles. The van der Waals surface area contributed by atoms with Crippen LogP contribution in [0.1, 0.15) is 41.1 Å². The van der Waals surface area contributed by atoms with Crippen molar-refractivity contribution in [3.05, 3.63) is 64.7 Å². The lowest BCUT2D eigenvalue weighted by Gasteiger charge is -2.16. The summed E-state index contributed by atoms with van der Waals surface area (Å²) in [5.41, 5.74) is 3.39. The second-order valence-corrected chi connectivity index (χ2v) is 7.68. The van der Waals surface area contributed by atoms with Gasteiger partial charge in [-0.15, -0.1) is 0 Å². The van der Waals surface area contributed by atoms with Gasteiger partial charge < -0.3 is 4.74 Å². The number of nitrogens with zero attached hydrogens (tertiary/aromatic N) is 2. The van der Waals surface area contributed by atoms with Crippen LogP contribution in [0.15, 0.2) is 41.5 Å². The van der Waals surface area contributed by atoms with Crippen molar-refractivity contribution in [3.8, 4) is 0 Å². The van der Waals surface area contributed by atoms with Crippen LogP contribution in [0.25, 0.3) is 0 Å². The lowest BCUT2D eigenvalue weighted by atomic mass is 9.93. The summed E-state index contributed by atoms with van der Waals surface area (Å²) in [7, 11) is 1.56. The SMILES string of the molecule is COC[C@@H](CC(=O)Cc1cc2c(cn1)C(C1CC1(F)F)=NC2)c1ccc(F)cc1. The molecule has 29 heavy (non-hydrogen) atoms. The van der Waals surface area contributed by atoms with Crippen LogP contribution in [0.2, 0.25) is 0 Å². The molecule has 0 bridgehead atoms. The first-order chi connectivity index (χ1) is 13.9. The molecule has 1 fully saturated rings. The van der Waals surface area contributed by atoms with Crippen LogP contribution in [0.5, 0.6) is 0 Å². The fourth-order valence-corrected chi connectivity index (χ4v) is 3.83. The van der Waals surface area contributed by atoms with E-state index in [1.54, 1.807) is 31.5 Å². The van der Waals surface area contributed by atoms with Gasteiger partial charge in [0.25, 0.3) is 5.92 Å². The Labute approximate surface area is 166 Å². The summed E-state index contributed by atoms with van der Waals surface area (Å²) in [5, 5.41) is 0. The largest absolute Gasteiger partial charge is 0.384 e. The van der Waals surface area contributed by atoms with Gasteiger partial charge in [0.15, 0.2) is 0 Å². The van der Waals surface area contributed by atoms with Gasteiger partial charge in [-0.05, 0) is 29.3 Å². The van der Waals surface area contributed by atoms with Gasteiger partial charge in [-0.2, -0.15) is 0 Å². The third kappa shape index (κ3) is 4.24. The van der Waals surface area contributed by atoms with Crippen LogP contribution in [0, 0.1) is 11.7 Å². The Bertz CT molecular complexity index is 957. The molecule has 2 heterocycles. The van der Waals surface area contributed by atoms with Gasteiger partial charge in [0.05, 0.1) is 24.8 Å². The molecule has 1 saturated carbocycles. The van der Waals surface area contributed by atoms with E-state index in [-0.39, 0.29) is 36.8 Å². The normalized spacial score (nSPS) is 20.1. The van der Waals surface area contributed by atoms with Gasteiger partial charge in [-0.1, -0.05) is 12.1 Å². The van der Waals surface area contributed by atoms with E-state index in [1.807, 2.05) is 0 Å². The third-order valence-electron chi connectivity index (χ3n) is 5.46. The maximum atomic E-state index is 13.4. The number of ketones is 1. The van der Waals surface area contributed by atoms with E-state index >= 15 is 0 Å². The van der Waals surface area contributed by atoms with Crippen LogP contribution < -0.4 is 0 Å². The number of hydrogen-bond acceptors (Lipinski definition) is 4. The highest BCUT2D eigenvalue weighted by molar-refractivity contribution is 6.07. The van der Waals surface area contributed by atoms with Crippen molar-refractivity contribution in [2.75, 3.05) is 13.7 Å². The summed E-state index contributed by atoms with van der Waals surface area (Å²) < 4.78 is 45.1. The Hall–Kier alpha value is -2.54. The van der Waals surface area contributed by atoms with Crippen LogP contribution in [-0.2, 0) is 22.5 Å². The number of alkyl halides is 2. The standard InChI is InChI=1S/C22H21F3N2O2/c1-29-12-15(13-2-4-16(23)5-3-13)7-18(28)8-17-6-14-10-27-21(19(14)11-26-17)20-9-22(20,24)25/h2-6,11,15,20H,7-10,12H2,1H3/t15-,20?/m1/s1. The number of methoxy groups -OCH3 is 1. The molecule has 0 N–H and O–H groups in total. The van der Waals surface area contributed by atoms with E-state index in [2.05, 4.69) is 9.98 Å². The zero-order valence-corrected chi connectivity index (χ0v) is 16.0. The Balaban J connectivity index is 1.41. The first-order valence-corrected chi connectivity index (χ1v) is 9.54. The van der Waals surface area contributed by atoms with Crippen LogP contribution >= 0.6 is 0 Å². The van der Waals surface area contributed by atoms with Crippen molar-refractivity contribution < 1.29 is 22.7 Å². The smallest absolute Gasteiger partial charge is 0.257 e. The molecule has 0 amide bonds. The van der Waals surface area contributed by atoms with E-state index in [1.165, 1.54) is 12.1 Å². The Morgan fingerprint density at radius 3 is 2.69 bits per heavy atom. The Morgan fingerprint density at radius 2 is 2.03 bits per heavy atom. The van der Waals surface area contributed by atoms with Gasteiger partial charge in [0, 0.05) is 49.7 Å². The molecular weight excluding hydrogens is 381 g/mol. The Kier molecular flexibility index (Phi) is 5.25. The van der Waals surface area contributed by atoms with Crippen molar-refractivity contribution in [1.82, 2.24) is 4.98 Å². The van der Waals surface area contributed by atoms with E-state index in [0.717, 1.165) is 11.1 Å². The zero-order valence-electron chi connectivity index (χ0n) is 16.0. The van der Waals surface area contributed by atoms with Gasteiger partial charge >= 0.3 is 0 Å². The number of aliphatic imine (C=N–C) groups is 1. The molecule has 4 rings (SSSR count). The van der Waals surface area contributed by atoms with Crippen molar-refractivity contribution >= 4 is 11.5 Å². The van der Waals surface area contributed by atoms with E-state index in [0.29, 0.717) is 30.1 Å². The minimum absolute atomic E-state index is 0.0170. The molecule has 7 heteroatoms. The van der Waals surface area contributed by atoms with Crippen LogP contribution in [-0.4, -0.2) is 36.1 Å². The van der Waals surface area contributed by atoms with Gasteiger partial charge in [-0.25, -0.2) is 13.2 Å². The summed E-state index contributed by atoms with van der Waals surface area (Å²) in [5.74, 6) is -3.98. The first kappa shape index (κ1) is 19.8. The maximum absolute atomic E-state index is 13.4. The quantitative estimate of drug-likeness (QED) is 0.668. The molecule has 4 nitrogen and oxygen atoms in total. The van der Waals surface area contributed by atoms with Crippen molar-refractivity contribution in [2.24, 2.45) is 10.9 Å². The number of halogens is 3. The number of ether oxygens (including phenoxy) is 1. The number of carbonyl (C=O) groups is 1. The molecule has 1 aromatic carbocycles. The minimum Gasteiger partial charge on any atom is -0.384 e. The highest BCUT2D eigenvalue weighted by atomic mass is 19.3. The predicted molar refractivity (Wildman–Crippen MR) is 102 cm³/mol. The fourth-order valence-electron chi connectivity index (χ4n) is 3.83. The Morgan fingerprint density at radius 1 is 1.31 bits per heavy atom. The van der Waals surface area contributed by atoms with Crippen LogP contribution in [0.4, 0.5) is 13.2 Å². The van der Waals surface area contributed by atoms with E-state index in [9.17, 15) is 18.0 Å². The number of benzene rings is 1. The number of aromatic nitrogens is 1. The molecule has 2 atom stereocenters. The monoisotopic (exact) mass is 402 g/mol. The van der Waals surface area contributed by atoms with Gasteiger partial charge in [0.2, 0.25) is 0 Å². The second kappa shape index (κ2) is 7.71. The first-order valence-electron chi connectivity index (χ1n) is 9.54. The van der Waals surface area contributed by atoms with Crippen molar-refractivity contribution in [2.45, 2.75) is 37.6 Å². The summed E-state index contributed by atoms with van der Waals surface area (Å²) in [6, 6.07) is 7.84. The van der Waals surface area contributed by atoms with Gasteiger partial charge in [0.1, 0.15) is 11.6 Å². The molecule has 2 aliphatic rings. The maximum Gasteiger partial charge on any atom is 0.257 e. The predicted octanol–water partition coefficient (Wildman–Crippen LogP) is 4.11. The number of rotatable bonds is 8. The van der Waals surface area contributed by atoms with Crippen molar-refractivity contribution in [1.29, 1.82) is 0 Å². The highest BCUT2D eigenvalue weighted by Crippen LogP contribution is 2.51. The molecule has 0 saturated heterocycles. The summed E-state index contributed by atoms with van der Waals surface area (Å²) in [6.07, 6.45) is 1.79. The molecule has 152 valence electrons. The zero-order chi connectivity index (χ0) is 20.6. The van der Waals surface area contributed by atoms with E-state index in [4.69, 9.17) is 4.74 Å². The van der Waals surface area contributed by atoms with Gasteiger partial charge in [-0.3, -0.25) is 14.8 Å². The molecule has 1 aliphatic heterocycles. The topological polar surface area (TPSA) is 51.5 Å². The van der Waals surface area contributed by atoms with Crippen LogP contribution in [0.3, 0.4) is 0 Å². The fraction of sp³-hybridized carbons (Fsp3) is 0.409. The molecule has 2 aromatic rings.